The summed E-state index contributed by atoms with van der Waals surface area (Å²) in [7, 11) is -2.74. The van der Waals surface area contributed by atoms with Gasteiger partial charge in [-0.2, -0.15) is 0 Å². The summed E-state index contributed by atoms with van der Waals surface area (Å²) >= 11 is 19.0. The topological polar surface area (TPSA) is 86.8 Å². The number of aryl methyl sites for hydroxylation is 1. The van der Waals surface area contributed by atoms with E-state index in [0.29, 0.717) is 20.6 Å². The maximum Gasteiger partial charge on any atom is 0.264 e. The van der Waals surface area contributed by atoms with Gasteiger partial charge in [-0.1, -0.05) is 95.5 Å². The molecule has 0 aliphatic heterocycles. The van der Waals surface area contributed by atoms with Gasteiger partial charge < -0.3 is 10.2 Å². The van der Waals surface area contributed by atoms with Crippen LogP contribution < -0.4 is 9.62 Å². The Labute approximate surface area is 267 Å². The largest absolute Gasteiger partial charge is 0.357 e. The lowest BCUT2D eigenvalue weighted by Gasteiger charge is -2.34. The van der Waals surface area contributed by atoms with E-state index in [9.17, 15) is 18.0 Å². The molecule has 0 fully saturated rings. The van der Waals surface area contributed by atoms with Crippen molar-refractivity contribution in [2.75, 3.05) is 17.9 Å². The van der Waals surface area contributed by atoms with Gasteiger partial charge in [0.25, 0.3) is 10.0 Å². The quantitative estimate of drug-likeness (QED) is 0.198. The summed E-state index contributed by atoms with van der Waals surface area (Å²) in [6.45, 7) is 1.11. The van der Waals surface area contributed by atoms with Gasteiger partial charge in [0.15, 0.2) is 0 Å². The fourth-order valence-corrected chi connectivity index (χ4v) is 6.61. The first-order valence-electron chi connectivity index (χ1n) is 13.3. The van der Waals surface area contributed by atoms with E-state index in [1.807, 2.05) is 30.3 Å². The predicted molar refractivity (Wildman–Crippen MR) is 172 cm³/mol. The normalized spacial score (nSPS) is 11.9. The molecule has 224 valence electrons. The van der Waals surface area contributed by atoms with E-state index in [2.05, 4.69) is 5.32 Å². The second-order valence-corrected chi connectivity index (χ2v) is 12.9. The van der Waals surface area contributed by atoms with Crippen LogP contribution in [-0.4, -0.2) is 44.8 Å². The molecule has 0 spiro atoms. The molecule has 0 aromatic heterocycles. The highest BCUT2D eigenvalue weighted by atomic mass is 35.5. The van der Waals surface area contributed by atoms with Crippen LogP contribution in [0.2, 0.25) is 15.1 Å². The number of nitrogens with zero attached hydrogens (tertiary/aromatic N) is 2. The third kappa shape index (κ3) is 7.89. The molecule has 0 bridgehead atoms. The van der Waals surface area contributed by atoms with Crippen molar-refractivity contribution in [2.45, 2.75) is 30.8 Å². The number of anilines is 1. The van der Waals surface area contributed by atoms with Crippen LogP contribution in [-0.2, 0) is 32.6 Å². The van der Waals surface area contributed by atoms with Crippen molar-refractivity contribution >= 4 is 62.3 Å². The van der Waals surface area contributed by atoms with Gasteiger partial charge in [0, 0.05) is 35.1 Å². The fraction of sp³-hybridized carbons (Fsp3) is 0.188. The molecule has 1 N–H and O–H groups in total. The zero-order valence-corrected chi connectivity index (χ0v) is 26.6. The van der Waals surface area contributed by atoms with Crippen molar-refractivity contribution in [3.63, 3.8) is 0 Å². The molecule has 1 unspecified atom stereocenters. The van der Waals surface area contributed by atoms with Gasteiger partial charge in [-0.15, -0.1) is 0 Å². The summed E-state index contributed by atoms with van der Waals surface area (Å²) in [5.74, 6) is -1.04. The van der Waals surface area contributed by atoms with E-state index in [0.717, 1.165) is 15.4 Å². The lowest BCUT2D eigenvalue weighted by molar-refractivity contribution is -0.139. The smallest absolute Gasteiger partial charge is 0.264 e. The Morgan fingerprint density at radius 1 is 0.837 bits per heavy atom. The molecule has 43 heavy (non-hydrogen) atoms. The summed E-state index contributed by atoms with van der Waals surface area (Å²) in [6.07, 6.45) is 0.180. The van der Waals surface area contributed by atoms with Crippen molar-refractivity contribution in [3.8, 4) is 0 Å². The third-order valence-electron chi connectivity index (χ3n) is 6.93. The minimum absolute atomic E-state index is 0.000991. The van der Waals surface area contributed by atoms with Gasteiger partial charge in [0.1, 0.15) is 12.6 Å². The van der Waals surface area contributed by atoms with Gasteiger partial charge in [-0.3, -0.25) is 13.9 Å². The first-order chi connectivity index (χ1) is 20.5. The molecule has 1 atom stereocenters. The Hall–Kier alpha value is -3.56. The molecule has 0 saturated carbocycles. The van der Waals surface area contributed by atoms with Gasteiger partial charge in [-0.25, -0.2) is 8.42 Å². The van der Waals surface area contributed by atoms with E-state index >= 15 is 0 Å². The molecule has 4 rings (SSSR count). The zero-order chi connectivity index (χ0) is 31.1. The average molecular weight is 659 g/mol. The number of carbonyl (C=O) groups excluding carboxylic acids is 2. The second-order valence-electron chi connectivity index (χ2n) is 9.84. The minimum atomic E-state index is -4.23. The summed E-state index contributed by atoms with van der Waals surface area (Å²) in [6, 6.07) is 25.7. The number of benzene rings is 4. The van der Waals surface area contributed by atoms with Crippen molar-refractivity contribution in [1.29, 1.82) is 0 Å². The number of rotatable bonds is 11. The van der Waals surface area contributed by atoms with Gasteiger partial charge in [0.05, 0.1) is 10.6 Å². The molecule has 11 heteroatoms. The Morgan fingerprint density at radius 3 is 2.09 bits per heavy atom. The number of amides is 2. The molecule has 0 aliphatic rings. The Kier molecular flexibility index (Phi) is 10.7. The van der Waals surface area contributed by atoms with E-state index in [-0.39, 0.29) is 23.5 Å². The highest BCUT2D eigenvalue weighted by molar-refractivity contribution is 7.92. The third-order valence-corrected chi connectivity index (χ3v) is 9.71. The summed E-state index contributed by atoms with van der Waals surface area (Å²) in [5.41, 5.74) is 2.31. The van der Waals surface area contributed by atoms with Crippen LogP contribution in [0.1, 0.15) is 16.7 Å². The maximum atomic E-state index is 14.3. The zero-order valence-electron chi connectivity index (χ0n) is 23.5. The van der Waals surface area contributed by atoms with Crippen molar-refractivity contribution in [2.24, 2.45) is 0 Å². The standard InChI is InChI=1S/C32H30Cl3N3O4S/c1-22-13-16-26(19-28(22)34)38(43(41,42)27-11-7-4-8-12-27)21-31(39)37(20-24-14-15-25(33)18-29(24)35)30(32(40)36-2)17-23-9-5-3-6-10-23/h3-16,18-19,30H,17,20-21H2,1-2H3,(H,36,40). The molecule has 0 radical (unpaired) electrons. The van der Waals surface area contributed by atoms with Gasteiger partial charge in [-0.05, 0) is 60.0 Å². The molecule has 0 aliphatic carbocycles. The number of hydrogen-bond acceptors (Lipinski definition) is 4. The number of sulfonamides is 1. The fourth-order valence-electron chi connectivity index (χ4n) is 4.54. The van der Waals surface area contributed by atoms with Crippen LogP contribution in [0.4, 0.5) is 5.69 Å². The molecule has 4 aromatic rings. The van der Waals surface area contributed by atoms with Crippen molar-refractivity contribution in [1.82, 2.24) is 10.2 Å². The lowest BCUT2D eigenvalue weighted by atomic mass is 10.0. The number of nitrogens with one attached hydrogen (secondary N) is 1. The van der Waals surface area contributed by atoms with Gasteiger partial charge in [0.2, 0.25) is 11.8 Å². The first-order valence-corrected chi connectivity index (χ1v) is 15.9. The van der Waals surface area contributed by atoms with Crippen LogP contribution in [0.5, 0.6) is 0 Å². The number of carbonyl (C=O) groups is 2. The van der Waals surface area contributed by atoms with E-state index in [1.54, 1.807) is 55.5 Å². The highest BCUT2D eigenvalue weighted by Gasteiger charge is 2.34. The molecular formula is C32H30Cl3N3O4S. The molecule has 2 amide bonds. The van der Waals surface area contributed by atoms with Gasteiger partial charge >= 0.3 is 0 Å². The number of halogens is 3. The molecule has 4 aromatic carbocycles. The molecular weight excluding hydrogens is 629 g/mol. The number of likely N-dealkylation sites (N-methyl/N-ethyl adjacent to an activating group) is 1. The van der Waals surface area contributed by atoms with E-state index < -0.39 is 34.4 Å². The van der Waals surface area contributed by atoms with Crippen LogP contribution >= 0.6 is 34.8 Å². The number of hydrogen-bond donors (Lipinski definition) is 1. The molecule has 7 nitrogen and oxygen atoms in total. The average Bonchev–Trinajstić information content (AvgIpc) is 3.00. The second kappa shape index (κ2) is 14.3. The SMILES string of the molecule is CNC(=O)C(Cc1ccccc1)N(Cc1ccc(Cl)cc1Cl)C(=O)CN(c1ccc(C)c(Cl)c1)S(=O)(=O)c1ccccc1. The van der Waals surface area contributed by atoms with Crippen LogP contribution in [0, 0.1) is 6.92 Å². The predicted octanol–water partition coefficient (Wildman–Crippen LogP) is 6.54. The van der Waals surface area contributed by atoms with Crippen molar-refractivity contribution < 1.29 is 18.0 Å². The first kappa shape index (κ1) is 32.4. The Bertz CT molecular complexity index is 1700. The van der Waals surface area contributed by atoms with Crippen molar-refractivity contribution in [3.05, 3.63) is 129 Å². The summed E-state index contributed by atoms with van der Waals surface area (Å²) < 4.78 is 29.0. The summed E-state index contributed by atoms with van der Waals surface area (Å²) in [5, 5.41) is 3.71. The van der Waals surface area contributed by atoms with Crippen LogP contribution in [0.15, 0.2) is 102 Å². The minimum Gasteiger partial charge on any atom is -0.357 e. The van der Waals surface area contributed by atoms with E-state index in [4.69, 9.17) is 34.8 Å². The molecule has 0 saturated heterocycles. The monoisotopic (exact) mass is 657 g/mol. The Morgan fingerprint density at radius 2 is 1.49 bits per heavy atom. The lowest BCUT2D eigenvalue weighted by Crippen LogP contribution is -2.53. The highest BCUT2D eigenvalue weighted by Crippen LogP contribution is 2.29. The van der Waals surface area contributed by atoms with E-state index in [1.165, 1.54) is 30.1 Å². The van der Waals surface area contributed by atoms with Crippen LogP contribution in [0.25, 0.3) is 0 Å². The Balaban J connectivity index is 1.82. The summed E-state index contributed by atoms with van der Waals surface area (Å²) in [4.78, 5) is 29.0. The van der Waals surface area contributed by atoms with Crippen LogP contribution in [0.3, 0.4) is 0 Å². The maximum absolute atomic E-state index is 14.3. The molecule has 0 heterocycles.